The average molecular weight is 276 g/mol. The highest BCUT2D eigenvalue weighted by atomic mass is 35.5. The number of hydrogen-bond acceptors (Lipinski definition) is 2. The molecule has 0 heterocycles. The topological polar surface area (TPSA) is 35.2 Å². The highest BCUT2D eigenvalue weighted by molar-refractivity contribution is 6.31. The van der Waals surface area contributed by atoms with Crippen LogP contribution in [0.5, 0.6) is 5.75 Å². The molecule has 0 radical (unpaired) electrons. The number of methoxy groups -OCH3 is 1. The van der Waals surface area contributed by atoms with Crippen LogP contribution in [-0.4, -0.2) is 7.11 Å². The van der Waals surface area contributed by atoms with Gasteiger partial charge >= 0.3 is 0 Å². The summed E-state index contributed by atoms with van der Waals surface area (Å²) < 4.78 is 5.33. The molecule has 0 aliphatic rings. The van der Waals surface area contributed by atoms with E-state index in [9.17, 15) is 0 Å². The zero-order valence-corrected chi connectivity index (χ0v) is 11.9. The third-order valence-electron chi connectivity index (χ3n) is 3.26. The molecule has 2 nitrogen and oxygen atoms in total. The lowest BCUT2D eigenvalue weighted by Gasteiger charge is -2.15. The summed E-state index contributed by atoms with van der Waals surface area (Å²) >= 11 is 6.16. The summed E-state index contributed by atoms with van der Waals surface area (Å²) in [6, 6.07) is 13.8. The van der Waals surface area contributed by atoms with Crippen molar-refractivity contribution in [1.82, 2.24) is 0 Å². The van der Waals surface area contributed by atoms with E-state index in [1.807, 2.05) is 49.4 Å². The number of ether oxygens (including phenoxy) is 1. The highest BCUT2D eigenvalue weighted by Gasteiger charge is 2.11. The molecule has 2 rings (SSSR count). The van der Waals surface area contributed by atoms with Crippen molar-refractivity contribution in [3.8, 4) is 5.75 Å². The maximum Gasteiger partial charge on any atom is 0.122 e. The number of halogens is 1. The standard InChI is InChI=1S/C16H18ClNO/c1-11-7-8-13(10-16(11)19-2)15(18)9-12-5-3-4-6-14(12)17/h3-8,10,15H,9,18H2,1-2H3. The lowest BCUT2D eigenvalue weighted by Crippen LogP contribution is -2.13. The van der Waals surface area contributed by atoms with Crippen molar-refractivity contribution in [3.63, 3.8) is 0 Å². The third kappa shape index (κ3) is 3.28. The lowest BCUT2D eigenvalue weighted by atomic mass is 9.98. The Hall–Kier alpha value is -1.51. The number of aryl methyl sites for hydroxylation is 1. The van der Waals surface area contributed by atoms with Gasteiger partial charge in [-0.25, -0.2) is 0 Å². The number of hydrogen-bond donors (Lipinski definition) is 1. The van der Waals surface area contributed by atoms with Crippen molar-refractivity contribution in [3.05, 3.63) is 64.2 Å². The molecule has 0 fully saturated rings. The molecule has 2 N–H and O–H groups in total. The summed E-state index contributed by atoms with van der Waals surface area (Å²) in [5.74, 6) is 0.868. The van der Waals surface area contributed by atoms with Crippen LogP contribution in [-0.2, 0) is 6.42 Å². The van der Waals surface area contributed by atoms with Crippen LogP contribution in [0.3, 0.4) is 0 Å². The van der Waals surface area contributed by atoms with Crippen LogP contribution < -0.4 is 10.5 Å². The summed E-state index contributed by atoms with van der Waals surface area (Å²) in [7, 11) is 1.67. The lowest BCUT2D eigenvalue weighted by molar-refractivity contribution is 0.410. The SMILES string of the molecule is COc1cc(C(N)Cc2ccccc2Cl)ccc1C. The zero-order chi connectivity index (χ0) is 13.8. The predicted molar refractivity (Wildman–Crippen MR) is 79.8 cm³/mol. The Balaban J connectivity index is 2.20. The second-order valence-electron chi connectivity index (χ2n) is 4.63. The van der Waals surface area contributed by atoms with E-state index >= 15 is 0 Å². The summed E-state index contributed by atoms with van der Waals surface area (Å²) in [6.45, 7) is 2.02. The van der Waals surface area contributed by atoms with Gasteiger partial charge in [-0.1, -0.05) is 41.9 Å². The highest BCUT2D eigenvalue weighted by Crippen LogP contribution is 2.26. The molecule has 0 aromatic heterocycles. The molecule has 0 saturated heterocycles. The van der Waals surface area contributed by atoms with Gasteiger partial charge in [-0.05, 0) is 42.2 Å². The quantitative estimate of drug-likeness (QED) is 0.918. The van der Waals surface area contributed by atoms with Crippen LogP contribution in [0, 0.1) is 6.92 Å². The fourth-order valence-corrected chi connectivity index (χ4v) is 2.30. The van der Waals surface area contributed by atoms with Gasteiger partial charge < -0.3 is 10.5 Å². The van der Waals surface area contributed by atoms with Gasteiger partial charge in [0.25, 0.3) is 0 Å². The van der Waals surface area contributed by atoms with E-state index in [2.05, 4.69) is 0 Å². The Morgan fingerprint density at radius 1 is 1.21 bits per heavy atom. The van der Waals surface area contributed by atoms with Gasteiger partial charge in [0.05, 0.1) is 7.11 Å². The zero-order valence-electron chi connectivity index (χ0n) is 11.2. The minimum absolute atomic E-state index is 0.0885. The Labute approximate surface area is 119 Å². The predicted octanol–water partition coefficient (Wildman–Crippen LogP) is 3.90. The van der Waals surface area contributed by atoms with Crippen molar-refractivity contribution >= 4 is 11.6 Å². The fourth-order valence-electron chi connectivity index (χ4n) is 2.09. The van der Waals surface area contributed by atoms with E-state index in [1.165, 1.54) is 0 Å². The molecule has 1 atom stereocenters. The first-order chi connectivity index (χ1) is 9.11. The Morgan fingerprint density at radius 2 is 1.95 bits per heavy atom. The van der Waals surface area contributed by atoms with Gasteiger partial charge in [-0.3, -0.25) is 0 Å². The van der Waals surface area contributed by atoms with Crippen LogP contribution >= 0.6 is 11.6 Å². The van der Waals surface area contributed by atoms with E-state index in [1.54, 1.807) is 7.11 Å². The molecule has 0 spiro atoms. The Kier molecular flexibility index (Phi) is 4.46. The molecule has 0 aliphatic carbocycles. The number of rotatable bonds is 4. The molecule has 0 aliphatic heterocycles. The maximum absolute atomic E-state index is 6.26. The minimum Gasteiger partial charge on any atom is -0.496 e. The first kappa shape index (κ1) is 13.9. The van der Waals surface area contributed by atoms with E-state index in [0.717, 1.165) is 27.5 Å². The summed E-state index contributed by atoms with van der Waals surface area (Å²) in [5.41, 5.74) is 9.49. The molecular formula is C16H18ClNO. The first-order valence-electron chi connectivity index (χ1n) is 6.25. The van der Waals surface area contributed by atoms with Crippen molar-refractivity contribution in [1.29, 1.82) is 0 Å². The second kappa shape index (κ2) is 6.09. The van der Waals surface area contributed by atoms with Crippen LogP contribution in [0.1, 0.15) is 22.7 Å². The van der Waals surface area contributed by atoms with Crippen LogP contribution in [0.25, 0.3) is 0 Å². The first-order valence-corrected chi connectivity index (χ1v) is 6.63. The smallest absolute Gasteiger partial charge is 0.122 e. The van der Waals surface area contributed by atoms with Crippen LogP contribution in [0.2, 0.25) is 5.02 Å². The molecule has 0 bridgehead atoms. The van der Waals surface area contributed by atoms with Gasteiger partial charge in [0, 0.05) is 11.1 Å². The van der Waals surface area contributed by atoms with E-state index in [-0.39, 0.29) is 6.04 Å². The van der Waals surface area contributed by atoms with Crippen LogP contribution in [0.4, 0.5) is 0 Å². The Bertz CT molecular complexity index is 568. The number of nitrogens with two attached hydrogens (primary N) is 1. The molecule has 19 heavy (non-hydrogen) atoms. The van der Waals surface area contributed by atoms with Crippen molar-refractivity contribution in [2.75, 3.05) is 7.11 Å². The van der Waals surface area contributed by atoms with Gasteiger partial charge in [0.2, 0.25) is 0 Å². The molecule has 3 heteroatoms. The average Bonchev–Trinajstić information content (AvgIpc) is 2.42. The third-order valence-corrected chi connectivity index (χ3v) is 3.63. The molecule has 100 valence electrons. The van der Waals surface area contributed by atoms with E-state index in [4.69, 9.17) is 22.1 Å². The summed E-state index contributed by atoms with van der Waals surface area (Å²) in [5, 5.41) is 0.761. The molecule has 0 amide bonds. The summed E-state index contributed by atoms with van der Waals surface area (Å²) in [6.07, 6.45) is 0.714. The van der Waals surface area contributed by atoms with Gasteiger partial charge in [0.1, 0.15) is 5.75 Å². The minimum atomic E-state index is -0.0885. The molecule has 2 aromatic rings. The van der Waals surface area contributed by atoms with Gasteiger partial charge in [0.15, 0.2) is 0 Å². The Morgan fingerprint density at radius 3 is 2.63 bits per heavy atom. The van der Waals surface area contributed by atoms with Crippen molar-refractivity contribution in [2.45, 2.75) is 19.4 Å². The second-order valence-corrected chi connectivity index (χ2v) is 5.04. The molecule has 1 unspecified atom stereocenters. The fraction of sp³-hybridized carbons (Fsp3) is 0.250. The van der Waals surface area contributed by atoms with Crippen molar-refractivity contribution in [2.24, 2.45) is 5.73 Å². The summed E-state index contributed by atoms with van der Waals surface area (Å²) in [4.78, 5) is 0. The van der Waals surface area contributed by atoms with E-state index < -0.39 is 0 Å². The van der Waals surface area contributed by atoms with Crippen molar-refractivity contribution < 1.29 is 4.74 Å². The van der Waals surface area contributed by atoms with Gasteiger partial charge in [-0.2, -0.15) is 0 Å². The molecule has 0 saturated carbocycles. The largest absolute Gasteiger partial charge is 0.496 e. The normalized spacial score (nSPS) is 12.2. The van der Waals surface area contributed by atoms with Crippen LogP contribution in [0.15, 0.2) is 42.5 Å². The molecular weight excluding hydrogens is 258 g/mol. The maximum atomic E-state index is 6.26. The molecule has 2 aromatic carbocycles. The van der Waals surface area contributed by atoms with E-state index in [0.29, 0.717) is 6.42 Å². The van der Waals surface area contributed by atoms with Gasteiger partial charge in [-0.15, -0.1) is 0 Å². The number of benzene rings is 2. The monoisotopic (exact) mass is 275 g/mol.